The SMILES string of the molecule is COCc1nc(N)cc(Nc2c(C)cccc2Cl)n1. The Morgan fingerprint density at radius 3 is 2.84 bits per heavy atom. The van der Waals surface area contributed by atoms with Gasteiger partial charge in [0.2, 0.25) is 0 Å². The number of hydrogen-bond acceptors (Lipinski definition) is 5. The summed E-state index contributed by atoms with van der Waals surface area (Å²) < 4.78 is 5.00. The van der Waals surface area contributed by atoms with Gasteiger partial charge in [0.1, 0.15) is 18.2 Å². The minimum atomic E-state index is 0.307. The molecule has 0 fully saturated rings. The van der Waals surface area contributed by atoms with Crippen LogP contribution in [-0.2, 0) is 11.3 Å². The van der Waals surface area contributed by atoms with Gasteiger partial charge in [-0.25, -0.2) is 9.97 Å². The Hall–Kier alpha value is -1.85. The first-order chi connectivity index (χ1) is 9.10. The standard InChI is InChI=1S/C13H15ClN4O/c1-8-4-3-5-9(14)13(8)18-11-6-10(15)16-12(17-11)7-19-2/h3-6H,7H2,1-2H3,(H3,15,16,17,18). The molecular weight excluding hydrogens is 264 g/mol. The fourth-order valence-corrected chi connectivity index (χ4v) is 1.96. The molecule has 2 aromatic rings. The number of hydrogen-bond donors (Lipinski definition) is 2. The number of aromatic nitrogens is 2. The van der Waals surface area contributed by atoms with Gasteiger partial charge in [-0.2, -0.15) is 0 Å². The number of anilines is 3. The summed E-state index contributed by atoms with van der Waals surface area (Å²) in [6.45, 7) is 2.27. The van der Waals surface area contributed by atoms with Gasteiger partial charge < -0.3 is 15.8 Å². The van der Waals surface area contributed by atoms with E-state index in [1.165, 1.54) is 0 Å². The third kappa shape index (κ3) is 3.33. The number of benzene rings is 1. The number of halogens is 1. The van der Waals surface area contributed by atoms with Gasteiger partial charge in [-0.1, -0.05) is 23.7 Å². The molecule has 3 N–H and O–H groups in total. The molecule has 0 unspecified atom stereocenters. The van der Waals surface area contributed by atoms with Crippen molar-refractivity contribution in [1.29, 1.82) is 0 Å². The molecule has 6 heteroatoms. The highest BCUT2D eigenvalue weighted by Gasteiger charge is 2.07. The van der Waals surface area contributed by atoms with Crippen LogP contribution in [0.3, 0.4) is 0 Å². The van der Waals surface area contributed by atoms with Gasteiger partial charge in [0, 0.05) is 13.2 Å². The van der Waals surface area contributed by atoms with E-state index in [9.17, 15) is 0 Å². The second-order valence-corrected chi connectivity index (χ2v) is 4.49. The number of ether oxygens (including phenoxy) is 1. The predicted molar refractivity (Wildman–Crippen MR) is 76.6 cm³/mol. The summed E-state index contributed by atoms with van der Waals surface area (Å²) in [6.07, 6.45) is 0. The fraction of sp³-hybridized carbons (Fsp3) is 0.231. The monoisotopic (exact) mass is 278 g/mol. The first-order valence-corrected chi connectivity index (χ1v) is 6.12. The van der Waals surface area contributed by atoms with E-state index < -0.39 is 0 Å². The lowest BCUT2D eigenvalue weighted by Gasteiger charge is -2.12. The van der Waals surface area contributed by atoms with E-state index in [1.807, 2.05) is 25.1 Å². The zero-order chi connectivity index (χ0) is 13.8. The molecule has 1 aromatic heterocycles. The molecule has 0 saturated heterocycles. The highest BCUT2D eigenvalue weighted by atomic mass is 35.5. The molecule has 0 amide bonds. The van der Waals surface area contributed by atoms with Crippen LogP contribution in [0.25, 0.3) is 0 Å². The van der Waals surface area contributed by atoms with E-state index in [0.717, 1.165) is 11.3 Å². The van der Waals surface area contributed by atoms with E-state index in [4.69, 9.17) is 22.1 Å². The van der Waals surface area contributed by atoms with Crippen LogP contribution >= 0.6 is 11.6 Å². The summed E-state index contributed by atoms with van der Waals surface area (Å²) in [7, 11) is 1.58. The maximum atomic E-state index is 6.16. The maximum Gasteiger partial charge on any atom is 0.158 e. The first-order valence-electron chi connectivity index (χ1n) is 5.74. The van der Waals surface area contributed by atoms with E-state index in [2.05, 4.69) is 15.3 Å². The van der Waals surface area contributed by atoms with Crippen molar-refractivity contribution in [2.45, 2.75) is 13.5 Å². The molecule has 0 aliphatic heterocycles. The lowest BCUT2D eigenvalue weighted by Crippen LogP contribution is -2.05. The zero-order valence-corrected chi connectivity index (χ0v) is 11.5. The lowest BCUT2D eigenvalue weighted by atomic mass is 10.2. The Kier molecular flexibility index (Phi) is 4.19. The molecule has 19 heavy (non-hydrogen) atoms. The Morgan fingerprint density at radius 1 is 1.37 bits per heavy atom. The van der Waals surface area contributed by atoms with Crippen molar-refractivity contribution in [2.75, 3.05) is 18.2 Å². The smallest absolute Gasteiger partial charge is 0.158 e. The summed E-state index contributed by atoms with van der Waals surface area (Å²) in [5.74, 6) is 1.50. The second kappa shape index (κ2) is 5.86. The van der Waals surface area contributed by atoms with Crippen LogP contribution in [0.1, 0.15) is 11.4 Å². The van der Waals surface area contributed by atoms with Gasteiger partial charge in [-0.05, 0) is 18.6 Å². The maximum absolute atomic E-state index is 6.16. The van der Waals surface area contributed by atoms with E-state index in [1.54, 1.807) is 13.2 Å². The average Bonchev–Trinajstić information content (AvgIpc) is 2.34. The van der Waals surface area contributed by atoms with Gasteiger partial charge in [0.05, 0.1) is 10.7 Å². The molecule has 5 nitrogen and oxygen atoms in total. The number of methoxy groups -OCH3 is 1. The molecular formula is C13H15ClN4O. The minimum absolute atomic E-state index is 0.307. The Morgan fingerprint density at radius 2 is 2.16 bits per heavy atom. The minimum Gasteiger partial charge on any atom is -0.384 e. The molecule has 1 aromatic carbocycles. The highest BCUT2D eigenvalue weighted by Crippen LogP contribution is 2.28. The van der Waals surface area contributed by atoms with Crippen LogP contribution in [-0.4, -0.2) is 17.1 Å². The van der Waals surface area contributed by atoms with Gasteiger partial charge in [0.15, 0.2) is 5.82 Å². The van der Waals surface area contributed by atoms with E-state index in [-0.39, 0.29) is 0 Å². The summed E-state index contributed by atoms with van der Waals surface area (Å²) in [5.41, 5.74) is 7.58. The van der Waals surface area contributed by atoms with Crippen LogP contribution < -0.4 is 11.1 Å². The molecule has 0 aliphatic rings. The van der Waals surface area contributed by atoms with Crippen LogP contribution in [0.5, 0.6) is 0 Å². The number of para-hydroxylation sites is 1. The lowest BCUT2D eigenvalue weighted by molar-refractivity contribution is 0.178. The van der Waals surface area contributed by atoms with Crippen molar-refractivity contribution in [2.24, 2.45) is 0 Å². The molecule has 2 rings (SSSR count). The number of nitrogens with two attached hydrogens (primary N) is 1. The molecule has 0 aliphatic carbocycles. The predicted octanol–water partition coefficient (Wildman–Crippen LogP) is 2.91. The van der Waals surface area contributed by atoms with Crippen LogP contribution in [0, 0.1) is 6.92 Å². The molecule has 0 atom stereocenters. The van der Waals surface area contributed by atoms with Crippen molar-refractivity contribution in [3.63, 3.8) is 0 Å². The largest absolute Gasteiger partial charge is 0.384 e. The molecule has 0 spiro atoms. The molecule has 0 bridgehead atoms. The van der Waals surface area contributed by atoms with Gasteiger partial charge in [-0.3, -0.25) is 0 Å². The second-order valence-electron chi connectivity index (χ2n) is 4.08. The molecule has 100 valence electrons. The van der Waals surface area contributed by atoms with Crippen molar-refractivity contribution < 1.29 is 4.74 Å². The zero-order valence-electron chi connectivity index (χ0n) is 10.8. The molecule has 0 radical (unpaired) electrons. The van der Waals surface area contributed by atoms with Gasteiger partial charge >= 0.3 is 0 Å². The van der Waals surface area contributed by atoms with Crippen molar-refractivity contribution in [3.8, 4) is 0 Å². The number of nitrogen functional groups attached to an aromatic ring is 1. The summed E-state index contributed by atoms with van der Waals surface area (Å²) in [4.78, 5) is 8.39. The summed E-state index contributed by atoms with van der Waals surface area (Å²) in [6, 6.07) is 7.34. The quantitative estimate of drug-likeness (QED) is 0.900. The summed E-state index contributed by atoms with van der Waals surface area (Å²) in [5, 5.41) is 3.79. The number of rotatable bonds is 4. The van der Waals surface area contributed by atoms with Crippen LogP contribution in [0.15, 0.2) is 24.3 Å². The van der Waals surface area contributed by atoms with E-state index >= 15 is 0 Å². The van der Waals surface area contributed by atoms with Crippen LogP contribution in [0.4, 0.5) is 17.3 Å². The van der Waals surface area contributed by atoms with Gasteiger partial charge in [-0.15, -0.1) is 0 Å². The van der Waals surface area contributed by atoms with Gasteiger partial charge in [0.25, 0.3) is 0 Å². The Balaban J connectivity index is 2.33. The Labute approximate surface area is 116 Å². The molecule has 1 heterocycles. The van der Waals surface area contributed by atoms with E-state index in [0.29, 0.717) is 29.1 Å². The van der Waals surface area contributed by atoms with Crippen molar-refractivity contribution in [1.82, 2.24) is 9.97 Å². The topological polar surface area (TPSA) is 73.1 Å². The summed E-state index contributed by atoms with van der Waals surface area (Å²) >= 11 is 6.16. The van der Waals surface area contributed by atoms with Crippen LogP contribution in [0.2, 0.25) is 5.02 Å². The molecule has 0 saturated carbocycles. The Bertz CT molecular complexity index is 569. The first kappa shape index (κ1) is 13.6. The van der Waals surface area contributed by atoms with Crippen molar-refractivity contribution in [3.05, 3.63) is 40.7 Å². The fourth-order valence-electron chi connectivity index (χ4n) is 1.69. The third-order valence-electron chi connectivity index (χ3n) is 2.54. The number of nitrogens with zero attached hydrogens (tertiary/aromatic N) is 2. The third-order valence-corrected chi connectivity index (χ3v) is 2.86. The number of nitrogens with one attached hydrogen (secondary N) is 1. The average molecular weight is 279 g/mol. The number of aryl methyl sites for hydroxylation is 1. The highest BCUT2D eigenvalue weighted by molar-refractivity contribution is 6.33. The van der Waals surface area contributed by atoms with Crippen molar-refractivity contribution >= 4 is 28.9 Å². The normalized spacial score (nSPS) is 10.5.